The third-order valence-corrected chi connectivity index (χ3v) is 11.0. The van der Waals surface area contributed by atoms with Crippen molar-refractivity contribution in [2.24, 2.45) is 7.05 Å². The minimum Gasteiger partial charge on any atom is -0.327 e. The highest BCUT2D eigenvalue weighted by molar-refractivity contribution is 6.13. The summed E-state index contributed by atoms with van der Waals surface area (Å²) in [5.41, 5.74) is 11.5. The normalized spacial score (nSPS) is 14.1. The lowest BCUT2D eigenvalue weighted by molar-refractivity contribution is 0.402. The van der Waals surface area contributed by atoms with E-state index in [4.69, 9.17) is 9.97 Å². The van der Waals surface area contributed by atoms with Gasteiger partial charge >= 0.3 is 0 Å². The van der Waals surface area contributed by atoms with E-state index in [9.17, 15) is 0 Å². The fourth-order valence-corrected chi connectivity index (χ4v) is 8.54. The summed E-state index contributed by atoms with van der Waals surface area (Å²) in [4.78, 5) is 12.1. The van der Waals surface area contributed by atoms with E-state index in [0.717, 1.165) is 61.4 Å². The summed E-state index contributed by atoms with van der Waals surface area (Å²) < 4.78 is 21.2. The topological polar surface area (TPSA) is 38.9 Å². The number of aromatic nitrogens is 4. The van der Waals surface area contributed by atoms with Crippen LogP contribution in [-0.2, 0) is 12.5 Å². The molecule has 1 atom stereocenters. The lowest BCUT2D eigenvalue weighted by atomic mass is 9.72. The van der Waals surface area contributed by atoms with Crippen molar-refractivity contribution in [3.05, 3.63) is 180 Å². The van der Waals surface area contributed by atoms with E-state index in [1.165, 1.54) is 16.8 Å². The Morgan fingerprint density at radius 1 is 0.642 bits per heavy atom. The first-order chi connectivity index (χ1) is 25.9. The van der Waals surface area contributed by atoms with Crippen LogP contribution < -0.4 is 4.90 Å². The van der Waals surface area contributed by atoms with Crippen molar-refractivity contribution in [1.82, 2.24) is 19.1 Å². The van der Waals surface area contributed by atoms with Gasteiger partial charge in [0.1, 0.15) is 11.6 Å². The number of benzene rings is 6. The first-order valence-electron chi connectivity index (χ1n) is 18.0. The van der Waals surface area contributed by atoms with Crippen LogP contribution in [0.2, 0.25) is 0 Å². The van der Waals surface area contributed by atoms with Crippen molar-refractivity contribution in [3.63, 3.8) is 0 Å². The molecule has 1 aliphatic heterocycles. The summed E-state index contributed by atoms with van der Waals surface area (Å²) in [6.45, 7) is 4.63. The van der Waals surface area contributed by atoms with Gasteiger partial charge in [-0.1, -0.05) is 105 Å². The molecule has 0 aliphatic carbocycles. The van der Waals surface area contributed by atoms with Gasteiger partial charge in [-0.15, -0.1) is 0 Å². The summed E-state index contributed by atoms with van der Waals surface area (Å²) >= 11 is 0. The molecule has 0 fully saturated rings. The average molecular weight is 690 g/mol. The predicted octanol–water partition coefficient (Wildman–Crippen LogP) is 11.9. The standard InChI is InChI=1S/C47H36FN5/c1-47(2)36-18-7-9-20-38(36)52(33-16-5-4-6-17-33)40-26-25-35-34-24-23-31(29-41(34)53(45(35)43(40)47)42-22-11-12-27-49-42)44(48)30-14-13-15-32(28-30)46-50-37-19-8-10-21-39(37)51(46)3/h4-29,44H,1-3H3. The lowest BCUT2D eigenvalue weighted by Gasteiger charge is -2.42. The number of hydrogen-bond acceptors (Lipinski definition) is 3. The van der Waals surface area contributed by atoms with Crippen molar-refractivity contribution in [1.29, 1.82) is 0 Å². The van der Waals surface area contributed by atoms with Gasteiger partial charge in [-0.25, -0.2) is 14.4 Å². The third kappa shape index (κ3) is 4.68. The molecule has 6 aromatic carbocycles. The molecule has 0 N–H and O–H groups in total. The van der Waals surface area contributed by atoms with Crippen molar-refractivity contribution in [2.75, 3.05) is 4.90 Å². The Hall–Kier alpha value is -6.53. The molecule has 0 amide bonds. The molecular weight excluding hydrogens is 654 g/mol. The summed E-state index contributed by atoms with van der Waals surface area (Å²) in [5.74, 6) is 1.60. The van der Waals surface area contributed by atoms with Gasteiger partial charge in [0.25, 0.3) is 0 Å². The zero-order valence-electron chi connectivity index (χ0n) is 29.7. The minimum atomic E-state index is -1.35. The second-order valence-corrected chi connectivity index (χ2v) is 14.4. The Balaban J connectivity index is 1.19. The first kappa shape index (κ1) is 31.2. The third-order valence-electron chi connectivity index (χ3n) is 11.0. The highest BCUT2D eigenvalue weighted by atomic mass is 19.1. The highest BCUT2D eigenvalue weighted by Crippen LogP contribution is 2.55. The van der Waals surface area contributed by atoms with Crippen LogP contribution in [0.3, 0.4) is 0 Å². The molecule has 9 aromatic rings. The Morgan fingerprint density at radius 3 is 2.23 bits per heavy atom. The zero-order valence-corrected chi connectivity index (χ0v) is 29.7. The number of para-hydroxylation sites is 4. The smallest absolute Gasteiger partial charge is 0.150 e. The first-order valence-corrected chi connectivity index (χ1v) is 18.0. The Morgan fingerprint density at radius 2 is 1.40 bits per heavy atom. The molecule has 53 heavy (non-hydrogen) atoms. The summed E-state index contributed by atoms with van der Waals surface area (Å²) in [6, 6.07) is 51.5. The lowest BCUT2D eigenvalue weighted by Crippen LogP contribution is -2.31. The van der Waals surface area contributed by atoms with E-state index in [1.54, 1.807) is 0 Å². The van der Waals surface area contributed by atoms with Gasteiger partial charge in [0, 0.05) is 46.2 Å². The van der Waals surface area contributed by atoms with Crippen LogP contribution in [0, 0.1) is 0 Å². The van der Waals surface area contributed by atoms with Crippen LogP contribution in [0.4, 0.5) is 21.5 Å². The number of halogens is 1. The fourth-order valence-electron chi connectivity index (χ4n) is 8.54. The number of rotatable bonds is 5. The summed E-state index contributed by atoms with van der Waals surface area (Å²) in [5, 5.41) is 2.16. The van der Waals surface area contributed by atoms with Crippen molar-refractivity contribution in [2.45, 2.75) is 25.4 Å². The van der Waals surface area contributed by atoms with E-state index >= 15 is 4.39 Å². The van der Waals surface area contributed by atoms with Crippen LogP contribution in [0.25, 0.3) is 50.0 Å². The number of nitrogens with zero attached hydrogens (tertiary/aromatic N) is 5. The van der Waals surface area contributed by atoms with E-state index < -0.39 is 6.17 Å². The Bertz CT molecular complexity index is 2850. The van der Waals surface area contributed by atoms with Gasteiger partial charge < -0.3 is 9.47 Å². The Kier molecular flexibility index (Phi) is 6.92. The molecule has 0 radical (unpaired) electrons. The van der Waals surface area contributed by atoms with Gasteiger partial charge in [-0.2, -0.15) is 0 Å². The molecule has 256 valence electrons. The molecule has 5 nitrogen and oxygen atoms in total. The van der Waals surface area contributed by atoms with Crippen LogP contribution in [0.1, 0.15) is 42.3 Å². The predicted molar refractivity (Wildman–Crippen MR) is 214 cm³/mol. The van der Waals surface area contributed by atoms with Crippen LogP contribution in [-0.4, -0.2) is 19.1 Å². The minimum absolute atomic E-state index is 0.362. The molecule has 0 saturated carbocycles. The maximum absolute atomic E-state index is 16.9. The molecule has 10 rings (SSSR count). The van der Waals surface area contributed by atoms with Crippen LogP contribution >= 0.6 is 0 Å². The van der Waals surface area contributed by atoms with Gasteiger partial charge in [0.2, 0.25) is 0 Å². The summed E-state index contributed by atoms with van der Waals surface area (Å²) in [7, 11) is 2.01. The van der Waals surface area contributed by atoms with E-state index in [2.05, 4.69) is 107 Å². The van der Waals surface area contributed by atoms with E-state index in [0.29, 0.717) is 11.1 Å². The second kappa shape index (κ2) is 11.8. The molecule has 0 saturated heterocycles. The summed E-state index contributed by atoms with van der Waals surface area (Å²) in [6.07, 6.45) is 0.475. The van der Waals surface area contributed by atoms with Crippen molar-refractivity contribution in [3.8, 4) is 17.2 Å². The van der Waals surface area contributed by atoms with Crippen molar-refractivity contribution >= 4 is 49.9 Å². The van der Waals surface area contributed by atoms with E-state index in [-0.39, 0.29) is 5.41 Å². The number of pyridine rings is 1. The van der Waals surface area contributed by atoms with Crippen molar-refractivity contribution < 1.29 is 4.39 Å². The number of hydrogen-bond donors (Lipinski definition) is 0. The second-order valence-electron chi connectivity index (χ2n) is 14.4. The van der Waals surface area contributed by atoms with Gasteiger partial charge in [-0.05, 0) is 77.4 Å². The number of fused-ring (bicyclic) bond motifs is 7. The molecule has 3 aromatic heterocycles. The van der Waals surface area contributed by atoms with Gasteiger partial charge in [-0.3, -0.25) is 4.57 Å². The van der Waals surface area contributed by atoms with Gasteiger partial charge in [0.05, 0.1) is 33.4 Å². The average Bonchev–Trinajstić information content (AvgIpc) is 3.72. The molecule has 6 heteroatoms. The molecule has 0 bridgehead atoms. The molecule has 1 unspecified atom stereocenters. The molecular formula is C47H36FN5. The maximum Gasteiger partial charge on any atom is 0.150 e. The number of imidazole rings is 1. The quantitative estimate of drug-likeness (QED) is 0.181. The van der Waals surface area contributed by atoms with E-state index in [1.807, 2.05) is 86.0 Å². The molecule has 4 heterocycles. The largest absolute Gasteiger partial charge is 0.327 e. The fraction of sp³-hybridized carbons (Fsp3) is 0.106. The van der Waals surface area contributed by atoms with Crippen LogP contribution in [0.5, 0.6) is 0 Å². The molecule has 0 spiro atoms. The maximum atomic E-state index is 16.9. The number of aryl methyl sites for hydroxylation is 1. The van der Waals surface area contributed by atoms with Crippen LogP contribution in [0.15, 0.2) is 158 Å². The molecule has 1 aliphatic rings. The Labute approximate surface area is 307 Å². The highest BCUT2D eigenvalue weighted by Gasteiger charge is 2.39. The van der Waals surface area contributed by atoms with Gasteiger partial charge in [0.15, 0.2) is 6.17 Å². The number of alkyl halides is 1. The number of anilines is 3. The monoisotopic (exact) mass is 689 g/mol. The SMILES string of the molecule is Cn1c(-c2cccc(C(F)c3ccc4c5ccc6c(c5n(-c5ccccn5)c4c3)C(C)(C)c3ccccc3N6c3ccccc3)c2)nc2ccccc21. The zero-order chi connectivity index (χ0) is 35.8.